The van der Waals surface area contributed by atoms with Crippen LogP contribution in [0.3, 0.4) is 0 Å². The predicted octanol–water partition coefficient (Wildman–Crippen LogP) is 1.87. The van der Waals surface area contributed by atoms with Crippen molar-refractivity contribution in [2.75, 3.05) is 19.0 Å². The zero-order valence-corrected chi connectivity index (χ0v) is 18.9. The maximum Gasteiger partial charge on any atom is 0.325 e. The minimum atomic E-state index is -4.00. The number of rotatable bonds is 8. The highest BCUT2D eigenvalue weighted by atomic mass is 32.2. The van der Waals surface area contributed by atoms with Gasteiger partial charge < -0.3 is 14.8 Å². The van der Waals surface area contributed by atoms with Crippen LogP contribution in [0.15, 0.2) is 47.4 Å². The third-order valence-corrected chi connectivity index (χ3v) is 5.84. The van der Waals surface area contributed by atoms with Crippen LogP contribution in [0.2, 0.25) is 0 Å². The van der Waals surface area contributed by atoms with Crippen molar-refractivity contribution >= 4 is 33.6 Å². The third kappa shape index (κ3) is 7.06. The van der Waals surface area contributed by atoms with Crippen molar-refractivity contribution in [1.82, 2.24) is 10.0 Å². The summed E-state index contributed by atoms with van der Waals surface area (Å²) in [5.41, 5.74) is 2.37. The molecule has 0 fully saturated rings. The molecule has 0 aliphatic heterocycles. The molecule has 0 saturated carbocycles. The van der Waals surface area contributed by atoms with Crippen molar-refractivity contribution in [3.63, 3.8) is 0 Å². The first kappa shape index (κ1) is 24.8. The highest BCUT2D eigenvalue weighted by Gasteiger charge is 2.24. The normalized spacial score (nSPS) is 11.9. The van der Waals surface area contributed by atoms with Crippen LogP contribution in [0.1, 0.15) is 18.1 Å². The van der Waals surface area contributed by atoms with Gasteiger partial charge in [0.05, 0.1) is 12.0 Å². The van der Waals surface area contributed by atoms with Gasteiger partial charge in [0, 0.05) is 5.69 Å². The van der Waals surface area contributed by atoms with Crippen molar-refractivity contribution in [3.8, 4) is 5.75 Å². The lowest BCUT2D eigenvalue weighted by molar-refractivity contribution is -0.149. The van der Waals surface area contributed by atoms with Gasteiger partial charge in [-0.15, -0.1) is 0 Å². The van der Waals surface area contributed by atoms with Crippen LogP contribution in [-0.2, 0) is 24.3 Å². The second-order valence-electron chi connectivity index (χ2n) is 6.95. The Labute approximate surface area is 186 Å². The number of ether oxygens (including phenoxy) is 2. The number of anilines is 1. The second-order valence-corrected chi connectivity index (χ2v) is 8.66. The fourth-order valence-electron chi connectivity index (χ4n) is 2.64. The van der Waals surface area contributed by atoms with E-state index < -0.39 is 40.6 Å². The van der Waals surface area contributed by atoms with Crippen LogP contribution in [0.25, 0.3) is 0 Å². The van der Waals surface area contributed by atoms with E-state index in [9.17, 15) is 22.8 Å². The van der Waals surface area contributed by atoms with Crippen LogP contribution < -0.4 is 20.1 Å². The summed E-state index contributed by atoms with van der Waals surface area (Å²) in [6.07, 6.45) is 0. The molecular weight excluding hydrogens is 438 g/mol. The maximum atomic E-state index is 12.4. The molecule has 3 N–H and O–H groups in total. The van der Waals surface area contributed by atoms with E-state index in [1.165, 1.54) is 38.3 Å². The summed E-state index contributed by atoms with van der Waals surface area (Å²) in [7, 11) is -2.55. The fraction of sp³-hybridized carbons (Fsp3) is 0.286. The Morgan fingerprint density at radius 1 is 1.03 bits per heavy atom. The van der Waals surface area contributed by atoms with Gasteiger partial charge in [0.2, 0.25) is 10.0 Å². The number of amides is 3. The molecule has 0 aliphatic carbocycles. The average molecular weight is 464 g/mol. The number of aryl methyl sites for hydroxylation is 2. The fourth-order valence-corrected chi connectivity index (χ4v) is 3.83. The van der Waals surface area contributed by atoms with Crippen molar-refractivity contribution < 1.29 is 32.3 Å². The van der Waals surface area contributed by atoms with Crippen LogP contribution >= 0.6 is 0 Å². The van der Waals surface area contributed by atoms with Gasteiger partial charge in [-0.25, -0.2) is 13.2 Å². The molecule has 2 aromatic carbocycles. The first-order valence-electron chi connectivity index (χ1n) is 9.53. The van der Waals surface area contributed by atoms with Crippen molar-refractivity contribution in [2.45, 2.75) is 31.7 Å². The topological polar surface area (TPSA) is 140 Å². The Morgan fingerprint density at radius 2 is 1.69 bits per heavy atom. The SMILES string of the molecule is COc1ccc(S(=O)(=O)NC(C)C(=O)OCC(=O)NC(=O)Nc2ccc(C)cc2C)cc1. The van der Waals surface area contributed by atoms with Gasteiger partial charge in [-0.2, -0.15) is 4.72 Å². The molecule has 11 heteroatoms. The molecule has 32 heavy (non-hydrogen) atoms. The highest BCUT2D eigenvalue weighted by molar-refractivity contribution is 7.89. The van der Waals surface area contributed by atoms with E-state index in [1.807, 2.05) is 18.3 Å². The first-order valence-corrected chi connectivity index (χ1v) is 11.0. The number of methoxy groups -OCH3 is 1. The van der Waals surface area contributed by atoms with E-state index in [1.54, 1.807) is 19.1 Å². The molecule has 0 saturated heterocycles. The lowest BCUT2D eigenvalue weighted by Crippen LogP contribution is -2.42. The largest absolute Gasteiger partial charge is 0.497 e. The summed E-state index contributed by atoms with van der Waals surface area (Å²) in [4.78, 5) is 35.8. The van der Waals surface area contributed by atoms with Crippen LogP contribution in [0.4, 0.5) is 10.5 Å². The van der Waals surface area contributed by atoms with E-state index in [4.69, 9.17) is 9.47 Å². The quantitative estimate of drug-likeness (QED) is 0.508. The Morgan fingerprint density at radius 3 is 2.28 bits per heavy atom. The molecule has 2 aromatic rings. The zero-order chi connectivity index (χ0) is 23.9. The molecule has 2 rings (SSSR count). The molecule has 172 valence electrons. The van der Waals surface area contributed by atoms with Gasteiger partial charge in [0.25, 0.3) is 5.91 Å². The van der Waals surface area contributed by atoms with E-state index in [-0.39, 0.29) is 4.90 Å². The molecule has 0 heterocycles. The Kier molecular flexibility index (Phi) is 8.33. The van der Waals surface area contributed by atoms with Crippen LogP contribution in [0, 0.1) is 13.8 Å². The predicted molar refractivity (Wildman–Crippen MR) is 117 cm³/mol. The first-order chi connectivity index (χ1) is 15.0. The number of esters is 1. The number of hydrogen-bond donors (Lipinski definition) is 3. The lowest BCUT2D eigenvalue weighted by Gasteiger charge is -2.14. The number of carbonyl (C=O) groups is 3. The number of hydrogen-bond acceptors (Lipinski definition) is 7. The summed E-state index contributed by atoms with van der Waals surface area (Å²) in [6.45, 7) is 4.23. The molecule has 0 radical (unpaired) electrons. The molecule has 0 bridgehead atoms. The van der Waals surface area contributed by atoms with E-state index in [0.29, 0.717) is 11.4 Å². The molecule has 10 nitrogen and oxygen atoms in total. The molecule has 1 atom stereocenters. The average Bonchev–Trinajstić information content (AvgIpc) is 2.73. The number of benzene rings is 2. The molecule has 3 amide bonds. The molecule has 0 aliphatic rings. The monoisotopic (exact) mass is 463 g/mol. The van der Waals surface area contributed by atoms with E-state index in [0.717, 1.165) is 11.1 Å². The van der Waals surface area contributed by atoms with Gasteiger partial charge >= 0.3 is 12.0 Å². The van der Waals surface area contributed by atoms with Gasteiger partial charge in [-0.3, -0.25) is 14.9 Å². The Hall–Kier alpha value is -3.44. The Bertz CT molecular complexity index is 1100. The molecule has 1 unspecified atom stereocenters. The smallest absolute Gasteiger partial charge is 0.325 e. The summed E-state index contributed by atoms with van der Waals surface area (Å²) in [6, 6.07) is 8.89. The number of sulfonamides is 1. The number of carbonyl (C=O) groups excluding carboxylic acids is 3. The van der Waals surface area contributed by atoms with Gasteiger partial charge in [-0.1, -0.05) is 17.7 Å². The summed E-state index contributed by atoms with van der Waals surface area (Å²) in [5, 5.41) is 4.56. The number of imide groups is 1. The highest BCUT2D eigenvalue weighted by Crippen LogP contribution is 2.16. The third-order valence-electron chi connectivity index (χ3n) is 4.28. The second kappa shape index (κ2) is 10.7. The minimum Gasteiger partial charge on any atom is -0.497 e. The van der Waals surface area contributed by atoms with Gasteiger partial charge in [0.15, 0.2) is 6.61 Å². The zero-order valence-electron chi connectivity index (χ0n) is 18.1. The summed E-state index contributed by atoms with van der Waals surface area (Å²) >= 11 is 0. The summed E-state index contributed by atoms with van der Waals surface area (Å²) < 4.78 is 36.7. The Balaban J connectivity index is 1.83. The van der Waals surface area contributed by atoms with Crippen molar-refractivity contribution in [2.24, 2.45) is 0 Å². The van der Waals surface area contributed by atoms with E-state index in [2.05, 4.69) is 10.0 Å². The van der Waals surface area contributed by atoms with E-state index >= 15 is 0 Å². The molecule has 0 spiro atoms. The van der Waals surface area contributed by atoms with Crippen molar-refractivity contribution in [3.05, 3.63) is 53.6 Å². The summed E-state index contributed by atoms with van der Waals surface area (Å²) in [5.74, 6) is -1.37. The van der Waals surface area contributed by atoms with Gasteiger partial charge in [-0.05, 0) is 56.7 Å². The maximum absolute atomic E-state index is 12.4. The van der Waals surface area contributed by atoms with Gasteiger partial charge in [0.1, 0.15) is 11.8 Å². The minimum absolute atomic E-state index is 0.0706. The molecular formula is C21H25N3O7S. The number of nitrogens with one attached hydrogen (secondary N) is 3. The molecule has 0 aromatic heterocycles. The standard InChI is InChI=1S/C21H25N3O7S/c1-13-5-10-18(14(2)11-13)22-21(27)23-19(25)12-31-20(26)15(3)24-32(28,29)17-8-6-16(30-4)7-9-17/h5-11,15,24H,12H2,1-4H3,(H2,22,23,25,27). The van der Waals surface area contributed by atoms with Crippen molar-refractivity contribution in [1.29, 1.82) is 0 Å². The lowest BCUT2D eigenvalue weighted by atomic mass is 10.1. The van der Waals surface area contributed by atoms with Crippen LogP contribution in [0.5, 0.6) is 5.75 Å². The number of urea groups is 1. The van der Waals surface area contributed by atoms with Crippen LogP contribution in [-0.4, -0.2) is 46.1 Å².